The molecule has 4 rings (SSSR count). The monoisotopic (exact) mass is 346 g/mol. The summed E-state index contributed by atoms with van der Waals surface area (Å²) in [6, 6.07) is 12.4. The van der Waals surface area contributed by atoms with Gasteiger partial charge < -0.3 is 4.90 Å². The maximum atomic E-state index is 13.3. The third-order valence-corrected chi connectivity index (χ3v) is 5.03. The summed E-state index contributed by atoms with van der Waals surface area (Å²) in [5.74, 6) is 0.0480. The molecule has 1 aromatic carbocycles. The highest BCUT2D eigenvalue weighted by atomic mass is 16.2. The number of nitrogens with one attached hydrogen (secondary N) is 1. The van der Waals surface area contributed by atoms with Crippen LogP contribution in [0.15, 0.2) is 55.0 Å². The molecule has 0 fully saturated rings. The van der Waals surface area contributed by atoms with Crippen LogP contribution < -0.4 is 0 Å². The predicted molar refractivity (Wildman–Crippen MR) is 101 cm³/mol. The van der Waals surface area contributed by atoms with Gasteiger partial charge in [0.15, 0.2) is 0 Å². The molecule has 0 radical (unpaired) electrons. The van der Waals surface area contributed by atoms with Crippen molar-refractivity contribution < 1.29 is 4.79 Å². The summed E-state index contributed by atoms with van der Waals surface area (Å²) in [6.45, 7) is 2.91. The highest BCUT2D eigenvalue weighted by Gasteiger charge is 2.30. The number of fused-ring (bicyclic) bond motifs is 1. The van der Waals surface area contributed by atoms with Crippen LogP contribution in [0.1, 0.15) is 47.3 Å². The lowest BCUT2D eigenvalue weighted by Gasteiger charge is -2.37. The summed E-state index contributed by atoms with van der Waals surface area (Å²) in [6.07, 6.45) is 8.01. The Balaban J connectivity index is 1.66. The molecule has 3 aromatic rings. The van der Waals surface area contributed by atoms with E-state index in [9.17, 15) is 4.79 Å². The second-order valence-electron chi connectivity index (χ2n) is 6.68. The van der Waals surface area contributed by atoms with Gasteiger partial charge in [0.1, 0.15) is 0 Å². The van der Waals surface area contributed by atoms with Crippen molar-refractivity contribution in [2.75, 3.05) is 6.54 Å². The number of benzene rings is 1. The Bertz CT molecular complexity index is 904. The number of aromatic nitrogens is 3. The third-order valence-electron chi connectivity index (χ3n) is 5.03. The molecular weight excluding hydrogens is 324 g/mol. The number of hydrogen-bond acceptors (Lipinski definition) is 3. The molecule has 5 heteroatoms. The second kappa shape index (κ2) is 7.12. The van der Waals surface area contributed by atoms with Gasteiger partial charge in [-0.05, 0) is 36.1 Å². The van der Waals surface area contributed by atoms with E-state index in [1.165, 1.54) is 11.1 Å². The van der Waals surface area contributed by atoms with Crippen LogP contribution in [0, 0.1) is 0 Å². The zero-order chi connectivity index (χ0) is 17.9. The van der Waals surface area contributed by atoms with Gasteiger partial charge in [-0.25, -0.2) is 0 Å². The van der Waals surface area contributed by atoms with Gasteiger partial charge >= 0.3 is 0 Å². The fourth-order valence-electron chi connectivity index (χ4n) is 3.77. The van der Waals surface area contributed by atoms with E-state index in [-0.39, 0.29) is 11.9 Å². The molecule has 2 aromatic heterocycles. The predicted octanol–water partition coefficient (Wildman–Crippen LogP) is 4.01. The molecule has 5 nitrogen and oxygen atoms in total. The van der Waals surface area contributed by atoms with Crippen molar-refractivity contribution in [2.24, 2.45) is 0 Å². The molecule has 0 saturated carbocycles. The number of amides is 1. The molecule has 132 valence electrons. The van der Waals surface area contributed by atoms with E-state index in [1.54, 1.807) is 18.6 Å². The standard InChI is InChI=1S/C21H22N4O/c1-2-5-20-18-7-4-3-6-15(18)9-11-25(20)21(26)17-12-16(13-22-14-17)19-8-10-23-24-19/h3-4,6-8,10,12-14,20H,2,5,9,11H2,1H3,(H,23,24). The maximum Gasteiger partial charge on any atom is 0.255 e. The first kappa shape index (κ1) is 16.5. The summed E-state index contributed by atoms with van der Waals surface area (Å²) >= 11 is 0. The van der Waals surface area contributed by atoms with E-state index < -0.39 is 0 Å². The van der Waals surface area contributed by atoms with E-state index in [1.807, 2.05) is 17.0 Å². The highest BCUT2D eigenvalue weighted by Crippen LogP contribution is 2.34. The fourth-order valence-corrected chi connectivity index (χ4v) is 3.77. The highest BCUT2D eigenvalue weighted by molar-refractivity contribution is 5.95. The van der Waals surface area contributed by atoms with E-state index in [0.29, 0.717) is 5.56 Å². The van der Waals surface area contributed by atoms with Crippen molar-refractivity contribution in [3.05, 3.63) is 71.7 Å². The van der Waals surface area contributed by atoms with E-state index in [4.69, 9.17) is 0 Å². The molecule has 1 aliphatic heterocycles. The number of hydrogen-bond donors (Lipinski definition) is 1. The zero-order valence-electron chi connectivity index (χ0n) is 14.9. The van der Waals surface area contributed by atoms with E-state index in [0.717, 1.165) is 37.1 Å². The fraction of sp³-hybridized carbons (Fsp3) is 0.286. The van der Waals surface area contributed by atoms with E-state index in [2.05, 4.69) is 46.4 Å². The molecule has 1 atom stereocenters. The number of H-pyrrole nitrogens is 1. The summed E-state index contributed by atoms with van der Waals surface area (Å²) in [5.41, 5.74) is 5.00. The molecule has 1 N–H and O–H groups in total. The summed E-state index contributed by atoms with van der Waals surface area (Å²) in [4.78, 5) is 19.6. The Morgan fingerprint density at radius 2 is 2.15 bits per heavy atom. The van der Waals surface area contributed by atoms with Crippen molar-refractivity contribution in [1.82, 2.24) is 20.1 Å². The van der Waals surface area contributed by atoms with Crippen LogP contribution >= 0.6 is 0 Å². The number of carbonyl (C=O) groups is 1. The van der Waals surface area contributed by atoms with Crippen molar-refractivity contribution in [3.8, 4) is 11.3 Å². The van der Waals surface area contributed by atoms with Gasteiger partial charge in [0, 0.05) is 30.7 Å². The average molecular weight is 346 g/mol. The molecular formula is C21H22N4O. The minimum atomic E-state index is 0.0480. The Hall–Kier alpha value is -2.95. The normalized spacial score (nSPS) is 16.3. The molecule has 1 unspecified atom stereocenters. The number of pyridine rings is 1. The number of nitrogens with zero attached hydrogens (tertiary/aromatic N) is 3. The number of aromatic amines is 1. The Morgan fingerprint density at radius 3 is 2.96 bits per heavy atom. The topological polar surface area (TPSA) is 61.9 Å². The summed E-state index contributed by atoms with van der Waals surface area (Å²) in [7, 11) is 0. The lowest BCUT2D eigenvalue weighted by Crippen LogP contribution is -2.40. The minimum absolute atomic E-state index is 0.0480. The first-order valence-corrected chi connectivity index (χ1v) is 9.11. The summed E-state index contributed by atoms with van der Waals surface area (Å²) in [5, 5.41) is 6.90. The average Bonchev–Trinajstić information content (AvgIpc) is 3.23. The molecule has 26 heavy (non-hydrogen) atoms. The smallest absolute Gasteiger partial charge is 0.255 e. The SMILES string of the molecule is CCCC1c2ccccc2CCN1C(=O)c1cncc(-c2ccn[nH]2)c1. The van der Waals surface area contributed by atoms with Gasteiger partial charge in [-0.3, -0.25) is 14.9 Å². The lowest BCUT2D eigenvalue weighted by atomic mass is 9.89. The second-order valence-corrected chi connectivity index (χ2v) is 6.68. The van der Waals surface area contributed by atoms with Crippen LogP contribution in [-0.2, 0) is 6.42 Å². The Kier molecular flexibility index (Phi) is 4.52. The number of carbonyl (C=O) groups excluding carboxylic acids is 1. The lowest BCUT2D eigenvalue weighted by molar-refractivity contribution is 0.0649. The van der Waals surface area contributed by atoms with Crippen LogP contribution in [0.25, 0.3) is 11.3 Å². The quantitative estimate of drug-likeness (QED) is 0.776. The molecule has 1 aliphatic rings. The van der Waals surface area contributed by atoms with Crippen LogP contribution in [0.4, 0.5) is 0 Å². The molecule has 0 bridgehead atoms. The third kappa shape index (κ3) is 3.01. The van der Waals surface area contributed by atoms with Gasteiger partial charge in [0.2, 0.25) is 0 Å². The van der Waals surface area contributed by atoms with E-state index >= 15 is 0 Å². The molecule has 3 heterocycles. The Morgan fingerprint density at radius 1 is 1.27 bits per heavy atom. The summed E-state index contributed by atoms with van der Waals surface area (Å²) < 4.78 is 0. The van der Waals surface area contributed by atoms with Gasteiger partial charge in [-0.1, -0.05) is 37.6 Å². The Labute approximate surface area is 153 Å². The molecule has 0 aliphatic carbocycles. The van der Waals surface area contributed by atoms with Gasteiger partial charge in [-0.2, -0.15) is 5.10 Å². The molecule has 1 amide bonds. The largest absolute Gasteiger partial charge is 0.331 e. The van der Waals surface area contributed by atoms with Crippen molar-refractivity contribution in [2.45, 2.75) is 32.2 Å². The van der Waals surface area contributed by atoms with Crippen LogP contribution in [0.5, 0.6) is 0 Å². The maximum absolute atomic E-state index is 13.3. The molecule has 0 saturated heterocycles. The number of rotatable bonds is 4. The van der Waals surface area contributed by atoms with Crippen molar-refractivity contribution in [1.29, 1.82) is 0 Å². The van der Waals surface area contributed by atoms with Gasteiger partial charge in [-0.15, -0.1) is 0 Å². The first-order valence-electron chi connectivity index (χ1n) is 9.11. The van der Waals surface area contributed by atoms with Crippen molar-refractivity contribution in [3.63, 3.8) is 0 Å². The molecule has 0 spiro atoms. The van der Waals surface area contributed by atoms with Gasteiger partial charge in [0.05, 0.1) is 17.3 Å². The zero-order valence-corrected chi connectivity index (χ0v) is 14.9. The van der Waals surface area contributed by atoms with Crippen LogP contribution in [-0.4, -0.2) is 32.5 Å². The van der Waals surface area contributed by atoms with Crippen LogP contribution in [0.2, 0.25) is 0 Å². The first-order chi connectivity index (χ1) is 12.8. The van der Waals surface area contributed by atoms with Gasteiger partial charge in [0.25, 0.3) is 5.91 Å². The van der Waals surface area contributed by atoms with Crippen molar-refractivity contribution >= 4 is 5.91 Å². The van der Waals surface area contributed by atoms with Crippen LogP contribution in [0.3, 0.4) is 0 Å². The minimum Gasteiger partial charge on any atom is -0.331 e.